The van der Waals surface area contributed by atoms with Gasteiger partial charge in [0.25, 0.3) is 0 Å². The van der Waals surface area contributed by atoms with Crippen molar-refractivity contribution >= 4 is 11.9 Å². The van der Waals surface area contributed by atoms with E-state index in [-0.39, 0.29) is 12.5 Å². The number of hydrogen-bond acceptors (Lipinski definition) is 3. The largest absolute Gasteiger partial charge is 0.492 e. The Labute approximate surface area is 146 Å². The van der Waals surface area contributed by atoms with E-state index in [4.69, 9.17) is 4.74 Å². The number of carboxylic acids is 1. The molecule has 2 aromatic carbocycles. The van der Waals surface area contributed by atoms with Gasteiger partial charge in [-0.1, -0.05) is 47.5 Å². The van der Waals surface area contributed by atoms with E-state index in [0.29, 0.717) is 12.0 Å². The van der Waals surface area contributed by atoms with Crippen LogP contribution in [-0.2, 0) is 16.0 Å². The topological polar surface area (TPSA) is 75.6 Å². The Hall–Kier alpha value is -2.82. The molecule has 0 spiro atoms. The molecule has 0 saturated carbocycles. The second-order valence-electron chi connectivity index (χ2n) is 6.52. The van der Waals surface area contributed by atoms with Gasteiger partial charge in [-0.05, 0) is 37.5 Å². The summed E-state index contributed by atoms with van der Waals surface area (Å²) < 4.78 is 5.63. The third kappa shape index (κ3) is 3.82. The predicted octanol–water partition coefficient (Wildman–Crippen LogP) is 2.80. The molecular weight excluding hydrogens is 318 g/mol. The molecule has 3 rings (SSSR count). The van der Waals surface area contributed by atoms with Crippen LogP contribution in [0.4, 0.5) is 0 Å². The van der Waals surface area contributed by atoms with Crippen LogP contribution < -0.4 is 10.1 Å². The summed E-state index contributed by atoms with van der Waals surface area (Å²) in [7, 11) is 0. The van der Waals surface area contributed by atoms with Crippen LogP contribution in [0.3, 0.4) is 0 Å². The molecule has 0 radical (unpaired) electrons. The number of nitrogens with one attached hydrogen (secondary N) is 1. The maximum absolute atomic E-state index is 12.6. The lowest BCUT2D eigenvalue weighted by Gasteiger charge is -2.26. The highest BCUT2D eigenvalue weighted by atomic mass is 16.5. The third-order valence-electron chi connectivity index (χ3n) is 4.36. The summed E-state index contributed by atoms with van der Waals surface area (Å²) >= 11 is 0. The number of fused-ring (bicyclic) bond motifs is 1. The second-order valence-corrected chi connectivity index (χ2v) is 6.52. The van der Waals surface area contributed by atoms with Crippen LogP contribution in [0, 0.1) is 19.8 Å². The van der Waals surface area contributed by atoms with Crippen molar-refractivity contribution in [2.24, 2.45) is 5.92 Å². The molecule has 0 aromatic heterocycles. The van der Waals surface area contributed by atoms with Gasteiger partial charge in [0.15, 0.2) is 6.04 Å². The summed E-state index contributed by atoms with van der Waals surface area (Å²) in [6.07, 6.45) is 0.543. The van der Waals surface area contributed by atoms with E-state index in [1.165, 1.54) is 0 Å². The number of para-hydroxylation sites is 1. The van der Waals surface area contributed by atoms with Gasteiger partial charge in [-0.2, -0.15) is 0 Å². The molecule has 130 valence electrons. The first-order valence-electron chi connectivity index (χ1n) is 8.26. The standard InChI is InChI=1S/C20H21NO4/c1-12-7-13(2)9-15(8-12)18(20(23)24)21-19(22)16-10-14-5-3-4-6-17(14)25-11-16/h3-9,16,18H,10-11H2,1-2H3,(H,21,22)(H,23,24). The molecule has 1 amide bonds. The van der Waals surface area contributed by atoms with E-state index in [2.05, 4.69) is 5.32 Å². The normalized spacial score (nSPS) is 17.1. The zero-order chi connectivity index (χ0) is 18.0. The van der Waals surface area contributed by atoms with Gasteiger partial charge >= 0.3 is 5.97 Å². The number of benzene rings is 2. The molecule has 0 aliphatic carbocycles. The van der Waals surface area contributed by atoms with Gasteiger partial charge in [-0.3, -0.25) is 4.79 Å². The number of aliphatic carboxylic acids is 1. The Morgan fingerprint density at radius 2 is 1.84 bits per heavy atom. The number of amides is 1. The molecule has 25 heavy (non-hydrogen) atoms. The first-order chi connectivity index (χ1) is 11.9. The lowest BCUT2D eigenvalue weighted by molar-refractivity contribution is -0.143. The van der Waals surface area contributed by atoms with Gasteiger partial charge in [-0.25, -0.2) is 4.79 Å². The quantitative estimate of drug-likeness (QED) is 0.898. The van der Waals surface area contributed by atoms with Crippen LogP contribution in [0.2, 0.25) is 0 Å². The van der Waals surface area contributed by atoms with Gasteiger partial charge in [-0.15, -0.1) is 0 Å². The second kappa shape index (κ2) is 6.97. The van der Waals surface area contributed by atoms with Crippen LogP contribution in [0.1, 0.15) is 28.3 Å². The van der Waals surface area contributed by atoms with Crippen LogP contribution >= 0.6 is 0 Å². The SMILES string of the molecule is Cc1cc(C)cc(C(NC(=O)C2COc3ccccc3C2)C(=O)O)c1. The Kier molecular flexibility index (Phi) is 4.74. The van der Waals surface area contributed by atoms with Gasteiger partial charge in [0.1, 0.15) is 12.4 Å². The molecule has 1 aliphatic heterocycles. The summed E-state index contributed by atoms with van der Waals surface area (Å²) in [4.78, 5) is 24.3. The van der Waals surface area contributed by atoms with Crippen LogP contribution in [0.5, 0.6) is 5.75 Å². The minimum Gasteiger partial charge on any atom is -0.492 e. The van der Waals surface area contributed by atoms with Crippen LogP contribution in [0.15, 0.2) is 42.5 Å². The molecule has 1 aliphatic rings. The number of carbonyl (C=O) groups excluding carboxylic acids is 1. The van der Waals surface area contributed by atoms with E-state index >= 15 is 0 Å². The maximum atomic E-state index is 12.6. The van der Waals surface area contributed by atoms with Gasteiger partial charge in [0, 0.05) is 0 Å². The average Bonchev–Trinajstić information content (AvgIpc) is 2.57. The summed E-state index contributed by atoms with van der Waals surface area (Å²) in [6, 6.07) is 12.1. The number of hydrogen-bond donors (Lipinski definition) is 2. The summed E-state index contributed by atoms with van der Waals surface area (Å²) in [5.74, 6) is -0.991. The fourth-order valence-corrected chi connectivity index (χ4v) is 3.22. The molecule has 1 heterocycles. The monoisotopic (exact) mass is 339 g/mol. The number of carboxylic acid groups (broad SMARTS) is 1. The molecule has 5 heteroatoms. The molecule has 2 N–H and O–H groups in total. The Bertz CT molecular complexity index is 795. The summed E-state index contributed by atoms with van der Waals surface area (Å²) in [5.41, 5.74) is 3.47. The van der Waals surface area contributed by atoms with E-state index in [0.717, 1.165) is 22.4 Å². The molecule has 0 fully saturated rings. The maximum Gasteiger partial charge on any atom is 0.330 e. The molecule has 0 saturated heterocycles. The van der Waals surface area contributed by atoms with Crippen molar-refractivity contribution in [2.75, 3.05) is 6.61 Å². The van der Waals surface area contributed by atoms with Crippen molar-refractivity contribution in [3.8, 4) is 5.75 Å². The van der Waals surface area contributed by atoms with Crippen LogP contribution in [-0.4, -0.2) is 23.6 Å². The molecule has 2 unspecified atom stereocenters. The minimum absolute atomic E-state index is 0.252. The molecule has 0 bridgehead atoms. The predicted molar refractivity (Wildman–Crippen MR) is 93.6 cm³/mol. The summed E-state index contributed by atoms with van der Waals surface area (Å²) in [6.45, 7) is 4.06. The average molecular weight is 339 g/mol. The molecular formula is C20H21NO4. The lowest BCUT2D eigenvalue weighted by Crippen LogP contribution is -2.41. The van der Waals surface area contributed by atoms with Crippen molar-refractivity contribution in [3.05, 3.63) is 64.7 Å². The lowest BCUT2D eigenvalue weighted by atomic mass is 9.95. The third-order valence-corrected chi connectivity index (χ3v) is 4.36. The van der Waals surface area contributed by atoms with Crippen molar-refractivity contribution < 1.29 is 19.4 Å². The number of carbonyl (C=O) groups is 2. The van der Waals surface area contributed by atoms with Crippen LogP contribution in [0.25, 0.3) is 0 Å². The van der Waals surface area contributed by atoms with Gasteiger partial charge in [0.2, 0.25) is 5.91 Å². The van der Waals surface area contributed by atoms with Crippen molar-refractivity contribution in [2.45, 2.75) is 26.3 Å². The number of rotatable bonds is 4. The highest BCUT2D eigenvalue weighted by Crippen LogP contribution is 2.27. The number of ether oxygens (including phenoxy) is 1. The zero-order valence-electron chi connectivity index (χ0n) is 14.3. The fraction of sp³-hybridized carbons (Fsp3) is 0.300. The molecule has 5 nitrogen and oxygen atoms in total. The smallest absolute Gasteiger partial charge is 0.330 e. The highest BCUT2D eigenvalue weighted by molar-refractivity contribution is 5.86. The minimum atomic E-state index is -1.07. The van der Waals surface area contributed by atoms with Crippen molar-refractivity contribution in [1.29, 1.82) is 0 Å². The molecule has 2 atom stereocenters. The molecule has 2 aromatic rings. The van der Waals surface area contributed by atoms with E-state index in [9.17, 15) is 14.7 Å². The number of aryl methyl sites for hydroxylation is 2. The zero-order valence-corrected chi connectivity index (χ0v) is 14.3. The fourth-order valence-electron chi connectivity index (χ4n) is 3.22. The van der Waals surface area contributed by atoms with Gasteiger partial charge in [0.05, 0.1) is 5.92 Å². The highest BCUT2D eigenvalue weighted by Gasteiger charge is 2.30. The first-order valence-corrected chi connectivity index (χ1v) is 8.26. The van der Waals surface area contributed by atoms with E-state index in [1.807, 2.05) is 44.2 Å². The Balaban J connectivity index is 1.77. The first kappa shape index (κ1) is 17.0. The summed E-state index contributed by atoms with van der Waals surface area (Å²) in [5, 5.41) is 12.2. The van der Waals surface area contributed by atoms with Crippen molar-refractivity contribution in [3.63, 3.8) is 0 Å². The van der Waals surface area contributed by atoms with E-state index in [1.54, 1.807) is 12.1 Å². The van der Waals surface area contributed by atoms with E-state index < -0.39 is 17.9 Å². The Morgan fingerprint density at radius 1 is 1.16 bits per heavy atom. The Morgan fingerprint density at radius 3 is 2.52 bits per heavy atom. The van der Waals surface area contributed by atoms with Crippen molar-refractivity contribution in [1.82, 2.24) is 5.32 Å². The van der Waals surface area contributed by atoms with Gasteiger partial charge < -0.3 is 15.2 Å².